The largest absolute Gasteiger partial charge is 0.387 e. The van der Waals surface area contributed by atoms with Crippen molar-refractivity contribution in [1.29, 1.82) is 0 Å². The van der Waals surface area contributed by atoms with Crippen LogP contribution < -0.4 is 5.32 Å². The van der Waals surface area contributed by atoms with Crippen molar-refractivity contribution in [2.75, 3.05) is 5.32 Å². The average molecular weight is 323 g/mol. The molecule has 2 aromatic rings. The molecule has 0 bridgehead atoms. The van der Waals surface area contributed by atoms with Gasteiger partial charge in [0.2, 0.25) is 5.91 Å². The lowest BCUT2D eigenvalue weighted by molar-refractivity contribution is -0.139. The first-order valence-electron chi connectivity index (χ1n) is 8.23. The number of Topliss-reactive ketones (excluding diaryl/α,β-unsaturated/α-hetero) is 1. The highest BCUT2D eigenvalue weighted by atomic mass is 16.3. The Morgan fingerprint density at radius 1 is 0.958 bits per heavy atom. The van der Waals surface area contributed by atoms with Crippen molar-refractivity contribution in [1.82, 2.24) is 0 Å². The molecule has 0 saturated heterocycles. The molecule has 1 aliphatic rings. The van der Waals surface area contributed by atoms with E-state index in [-0.39, 0.29) is 11.7 Å². The highest BCUT2D eigenvalue weighted by molar-refractivity contribution is 5.97. The minimum Gasteiger partial charge on any atom is -0.387 e. The molecule has 3 rings (SSSR count). The van der Waals surface area contributed by atoms with Crippen LogP contribution in [-0.4, -0.2) is 16.8 Å². The van der Waals surface area contributed by atoms with Gasteiger partial charge >= 0.3 is 0 Å². The summed E-state index contributed by atoms with van der Waals surface area (Å²) in [4.78, 5) is 24.7. The molecular weight excluding hydrogens is 302 g/mol. The van der Waals surface area contributed by atoms with E-state index in [0.29, 0.717) is 36.9 Å². The van der Waals surface area contributed by atoms with Gasteiger partial charge in [-0.1, -0.05) is 48.5 Å². The summed E-state index contributed by atoms with van der Waals surface area (Å²) in [6, 6.07) is 18.4. The van der Waals surface area contributed by atoms with Crippen molar-refractivity contribution in [2.24, 2.45) is 5.41 Å². The van der Waals surface area contributed by atoms with E-state index in [4.69, 9.17) is 0 Å². The second kappa shape index (κ2) is 6.97. The zero-order chi connectivity index (χ0) is 17.0. The number of anilines is 1. The number of nitrogens with one attached hydrogen (secondary N) is 1. The molecule has 1 saturated carbocycles. The minimum absolute atomic E-state index is 0.151. The molecule has 0 spiro atoms. The van der Waals surface area contributed by atoms with Crippen molar-refractivity contribution in [2.45, 2.75) is 31.8 Å². The fourth-order valence-corrected chi connectivity index (χ4v) is 3.33. The van der Waals surface area contributed by atoms with Crippen LogP contribution in [0.15, 0.2) is 60.7 Å². The summed E-state index contributed by atoms with van der Waals surface area (Å²) in [5.74, 6) is -0.0732. The van der Waals surface area contributed by atoms with E-state index in [2.05, 4.69) is 5.32 Å². The number of carbonyl (C=O) groups is 2. The molecule has 1 amide bonds. The number of carbonyl (C=O) groups excluding carboxylic acids is 2. The number of hydrogen-bond acceptors (Lipinski definition) is 3. The van der Waals surface area contributed by atoms with Crippen LogP contribution in [0.3, 0.4) is 0 Å². The van der Waals surface area contributed by atoms with E-state index < -0.39 is 11.5 Å². The zero-order valence-corrected chi connectivity index (χ0v) is 13.4. The molecule has 124 valence electrons. The highest BCUT2D eigenvalue weighted by Crippen LogP contribution is 2.46. The van der Waals surface area contributed by atoms with Crippen LogP contribution in [0.25, 0.3) is 0 Å². The standard InChI is InChI=1S/C20H21NO3/c22-17-11-13-20(14-12-17,18(23)15-7-3-1-4-8-15)19(24)21-16-9-5-2-6-10-16/h1-10,18,23H,11-14H2,(H,21,24)/t18-/m0/s1. The normalized spacial score (nSPS) is 18.0. The highest BCUT2D eigenvalue weighted by Gasteiger charge is 2.47. The number of aliphatic hydroxyl groups is 1. The summed E-state index contributed by atoms with van der Waals surface area (Å²) < 4.78 is 0. The minimum atomic E-state index is -0.981. The number of rotatable bonds is 4. The van der Waals surface area contributed by atoms with Crippen LogP contribution >= 0.6 is 0 Å². The van der Waals surface area contributed by atoms with E-state index in [1.165, 1.54) is 0 Å². The van der Waals surface area contributed by atoms with Gasteiger partial charge in [-0.15, -0.1) is 0 Å². The smallest absolute Gasteiger partial charge is 0.233 e. The predicted molar refractivity (Wildman–Crippen MR) is 92.4 cm³/mol. The lowest BCUT2D eigenvalue weighted by atomic mass is 9.67. The van der Waals surface area contributed by atoms with Crippen molar-refractivity contribution < 1.29 is 14.7 Å². The molecule has 0 radical (unpaired) electrons. The van der Waals surface area contributed by atoms with Crippen LogP contribution in [0.5, 0.6) is 0 Å². The number of ketones is 1. The maximum Gasteiger partial charge on any atom is 0.233 e. The third kappa shape index (κ3) is 3.24. The summed E-state index contributed by atoms with van der Waals surface area (Å²) in [6.45, 7) is 0. The number of aliphatic hydroxyl groups excluding tert-OH is 1. The van der Waals surface area contributed by atoms with Gasteiger partial charge in [-0.2, -0.15) is 0 Å². The Balaban J connectivity index is 1.90. The predicted octanol–water partition coefficient (Wildman–Crippen LogP) is 3.49. The molecule has 4 heteroatoms. The van der Waals surface area contributed by atoms with Gasteiger partial charge < -0.3 is 10.4 Å². The van der Waals surface area contributed by atoms with E-state index >= 15 is 0 Å². The van der Waals surface area contributed by atoms with Crippen molar-refractivity contribution in [3.8, 4) is 0 Å². The molecule has 1 fully saturated rings. The Morgan fingerprint density at radius 3 is 2.08 bits per heavy atom. The van der Waals surface area contributed by atoms with Crippen molar-refractivity contribution >= 4 is 17.4 Å². The van der Waals surface area contributed by atoms with Gasteiger partial charge in [-0.25, -0.2) is 0 Å². The molecule has 1 atom stereocenters. The van der Waals surface area contributed by atoms with Crippen molar-refractivity contribution in [3.63, 3.8) is 0 Å². The van der Waals surface area contributed by atoms with Crippen LogP contribution in [0.4, 0.5) is 5.69 Å². The summed E-state index contributed by atoms with van der Waals surface area (Å²) in [5, 5.41) is 13.9. The first kappa shape index (κ1) is 16.4. The SMILES string of the molecule is O=C1CCC(C(=O)Nc2ccccc2)([C@@H](O)c2ccccc2)CC1. The molecule has 0 unspecified atom stereocenters. The van der Waals surface area contributed by atoms with Crippen LogP contribution in [0, 0.1) is 5.41 Å². The Hall–Kier alpha value is -2.46. The van der Waals surface area contributed by atoms with Gasteiger partial charge in [0.05, 0.1) is 11.5 Å². The molecule has 0 aliphatic heterocycles. The van der Waals surface area contributed by atoms with Gasteiger partial charge in [0.1, 0.15) is 5.78 Å². The molecule has 24 heavy (non-hydrogen) atoms. The van der Waals surface area contributed by atoms with Gasteiger partial charge in [-0.05, 0) is 30.5 Å². The van der Waals surface area contributed by atoms with E-state index in [1.54, 1.807) is 0 Å². The summed E-state index contributed by atoms with van der Waals surface area (Å²) in [6.07, 6.45) is 0.440. The van der Waals surface area contributed by atoms with E-state index in [1.807, 2.05) is 60.7 Å². The Morgan fingerprint density at radius 2 is 1.50 bits per heavy atom. The third-order valence-corrected chi connectivity index (χ3v) is 4.82. The average Bonchev–Trinajstić information content (AvgIpc) is 2.63. The molecule has 0 heterocycles. The van der Waals surface area contributed by atoms with Gasteiger partial charge in [0.15, 0.2) is 0 Å². The number of para-hydroxylation sites is 1. The lowest BCUT2D eigenvalue weighted by Gasteiger charge is -2.39. The van der Waals surface area contributed by atoms with E-state index in [0.717, 1.165) is 0 Å². The summed E-state index contributed by atoms with van der Waals surface area (Å²) >= 11 is 0. The quantitative estimate of drug-likeness (QED) is 0.905. The first-order valence-corrected chi connectivity index (χ1v) is 8.23. The van der Waals surface area contributed by atoms with Gasteiger partial charge in [0.25, 0.3) is 0 Å². The second-order valence-corrected chi connectivity index (χ2v) is 6.33. The number of hydrogen-bond donors (Lipinski definition) is 2. The molecule has 2 aromatic carbocycles. The van der Waals surface area contributed by atoms with Gasteiger partial charge in [0, 0.05) is 18.5 Å². The Labute approximate surface area is 141 Å². The first-order chi connectivity index (χ1) is 11.6. The number of amides is 1. The summed E-state index contributed by atoms with van der Waals surface area (Å²) in [7, 11) is 0. The summed E-state index contributed by atoms with van der Waals surface area (Å²) in [5.41, 5.74) is 0.416. The van der Waals surface area contributed by atoms with Crippen LogP contribution in [0.1, 0.15) is 37.4 Å². The molecule has 2 N–H and O–H groups in total. The fraction of sp³-hybridized carbons (Fsp3) is 0.300. The zero-order valence-electron chi connectivity index (χ0n) is 13.4. The Kier molecular flexibility index (Phi) is 4.76. The van der Waals surface area contributed by atoms with Gasteiger partial charge in [-0.3, -0.25) is 9.59 Å². The molecule has 0 aromatic heterocycles. The molecule has 1 aliphatic carbocycles. The fourth-order valence-electron chi connectivity index (χ4n) is 3.33. The lowest BCUT2D eigenvalue weighted by Crippen LogP contribution is -2.44. The maximum atomic E-state index is 13.0. The van der Waals surface area contributed by atoms with Crippen LogP contribution in [0.2, 0.25) is 0 Å². The monoisotopic (exact) mass is 323 g/mol. The van der Waals surface area contributed by atoms with E-state index in [9.17, 15) is 14.7 Å². The number of benzene rings is 2. The third-order valence-electron chi connectivity index (χ3n) is 4.82. The van der Waals surface area contributed by atoms with Crippen LogP contribution in [-0.2, 0) is 9.59 Å². The molecular formula is C20H21NO3. The second-order valence-electron chi connectivity index (χ2n) is 6.33. The molecule has 4 nitrogen and oxygen atoms in total. The topological polar surface area (TPSA) is 66.4 Å². The van der Waals surface area contributed by atoms with Crippen molar-refractivity contribution in [3.05, 3.63) is 66.2 Å². The Bertz CT molecular complexity index is 702. The maximum absolute atomic E-state index is 13.0.